The van der Waals surface area contributed by atoms with Gasteiger partial charge in [-0.25, -0.2) is 14.6 Å². The topological polar surface area (TPSA) is 111 Å². The molecule has 0 spiro atoms. The summed E-state index contributed by atoms with van der Waals surface area (Å²) in [6, 6.07) is 8.94. The van der Waals surface area contributed by atoms with Gasteiger partial charge >= 0.3 is 0 Å². The third-order valence-corrected chi connectivity index (χ3v) is 5.60. The molecule has 9 heteroatoms. The predicted molar refractivity (Wildman–Crippen MR) is 124 cm³/mol. The van der Waals surface area contributed by atoms with Crippen LogP contribution in [0.4, 0.5) is 11.4 Å². The molecule has 0 aliphatic carbocycles. The number of aryl methyl sites for hydroxylation is 3. The summed E-state index contributed by atoms with van der Waals surface area (Å²) in [6.07, 6.45) is 1.44. The number of ether oxygens (including phenoxy) is 1. The van der Waals surface area contributed by atoms with Gasteiger partial charge < -0.3 is 15.4 Å². The van der Waals surface area contributed by atoms with E-state index in [9.17, 15) is 9.59 Å². The maximum absolute atomic E-state index is 12.7. The average molecular weight is 449 g/mol. The van der Waals surface area contributed by atoms with Crippen LogP contribution in [0.2, 0.25) is 0 Å². The number of carbonyl (C=O) groups is 2. The molecule has 1 fully saturated rings. The lowest BCUT2D eigenvalue weighted by Crippen LogP contribution is -2.26. The number of nitrogens with one attached hydrogen (secondary N) is 2. The molecule has 1 aromatic carbocycles. The Morgan fingerprint density at radius 1 is 1.03 bits per heavy atom. The second-order valence-corrected chi connectivity index (χ2v) is 8.31. The smallest absolute Gasteiger partial charge is 0.253 e. The minimum absolute atomic E-state index is 0.139. The van der Waals surface area contributed by atoms with E-state index in [0.717, 1.165) is 41.2 Å². The Labute approximate surface area is 192 Å². The van der Waals surface area contributed by atoms with Gasteiger partial charge in [0.1, 0.15) is 6.10 Å². The molecule has 3 heterocycles. The van der Waals surface area contributed by atoms with Crippen molar-refractivity contribution in [2.45, 2.75) is 53.1 Å². The van der Waals surface area contributed by atoms with Gasteiger partial charge in [-0.2, -0.15) is 5.10 Å². The molecule has 1 atom stereocenters. The first-order valence-electron chi connectivity index (χ1n) is 11.0. The molecule has 3 aromatic rings. The molecule has 0 saturated carbocycles. The van der Waals surface area contributed by atoms with Crippen LogP contribution in [0.25, 0.3) is 5.95 Å². The van der Waals surface area contributed by atoms with Crippen molar-refractivity contribution in [3.8, 4) is 5.95 Å². The van der Waals surface area contributed by atoms with E-state index < -0.39 is 0 Å². The lowest BCUT2D eigenvalue weighted by atomic mass is 10.1. The summed E-state index contributed by atoms with van der Waals surface area (Å²) in [5, 5.41) is 10.3. The van der Waals surface area contributed by atoms with Crippen LogP contribution >= 0.6 is 0 Å². The lowest BCUT2D eigenvalue weighted by Gasteiger charge is -2.11. The lowest BCUT2D eigenvalue weighted by molar-refractivity contribution is -0.124. The van der Waals surface area contributed by atoms with Crippen molar-refractivity contribution in [2.75, 3.05) is 17.2 Å². The maximum Gasteiger partial charge on any atom is 0.253 e. The second-order valence-electron chi connectivity index (χ2n) is 8.31. The molecule has 0 bridgehead atoms. The molecule has 1 saturated heterocycles. The fraction of sp³-hybridized carbons (Fsp3) is 0.375. The highest BCUT2D eigenvalue weighted by atomic mass is 16.5. The van der Waals surface area contributed by atoms with Crippen molar-refractivity contribution in [3.05, 3.63) is 58.7 Å². The maximum atomic E-state index is 12.7. The van der Waals surface area contributed by atoms with Gasteiger partial charge in [0, 0.05) is 40.6 Å². The van der Waals surface area contributed by atoms with E-state index in [1.54, 1.807) is 28.9 Å². The van der Waals surface area contributed by atoms with Crippen molar-refractivity contribution >= 4 is 23.2 Å². The van der Waals surface area contributed by atoms with Crippen LogP contribution in [0.15, 0.2) is 30.3 Å². The van der Waals surface area contributed by atoms with E-state index in [2.05, 4.69) is 25.7 Å². The van der Waals surface area contributed by atoms with E-state index in [-0.39, 0.29) is 24.3 Å². The quantitative estimate of drug-likeness (QED) is 0.599. The Morgan fingerprint density at radius 2 is 1.67 bits per heavy atom. The van der Waals surface area contributed by atoms with Crippen LogP contribution in [0.1, 0.15) is 41.2 Å². The molecule has 172 valence electrons. The van der Waals surface area contributed by atoms with Gasteiger partial charge in [-0.1, -0.05) is 0 Å². The number of anilines is 2. The average Bonchev–Trinajstić information content (AvgIpc) is 3.39. The van der Waals surface area contributed by atoms with Crippen LogP contribution in [-0.2, 0) is 20.7 Å². The summed E-state index contributed by atoms with van der Waals surface area (Å²) in [4.78, 5) is 33.8. The molecule has 4 rings (SSSR count). The Hall–Kier alpha value is -3.59. The highest BCUT2D eigenvalue weighted by Crippen LogP contribution is 2.20. The molecule has 33 heavy (non-hydrogen) atoms. The van der Waals surface area contributed by atoms with Gasteiger partial charge in [-0.3, -0.25) is 9.59 Å². The van der Waals surface area contributed by atoms with Crippen LogP contribution < -0.4 is 10.6 Å². The fourth-order valence-corrected chi connectivity index (χ4v) is 3.94. The third-order valence-electron chi connectivity index (χ3n) is 5.60. The summed E-state index contributed by atoms with van der Waals surface area (Å²) < 4.78 is 7.08. The van der Waals surface area contributed by atoms with E-state index in [1.165, 1.54) is 0 Å². The fourth-order valence-electron chi connectivity index (χ4n) is 3.94. The number of nitrogens with zero attached hydrogens (tertiary/aromatic N) is 4. The number of carbonyl (C=O) groups excluding carboxylic acids is 2. The monoisotopic (exact) mass is 448 g/mol. The van der Waals surface area contributed by atoms with Gasteiger partial charge in [-0.15, -0.1) is 0 Å². The largest absolute Gasteiger partial charge is 0.368 e. The first-order chi connectivity index (χ1) is 15.8. The summed E-state index contributed by atoms with van der Waals surface area (Å²) in [5.41, 5.74) is 5.47. The van der Waals surface area contributed by atoms with E-state index in [0.29, 0.717) is 23.9 Å². The standard InChI is InChI=1S/C24H28N6O3/c1-14-12-15(2)26-24(25-14)30-17(4)20(16(3)29-30)13-22(31)27-18-7-9-19(10-8-18)28-23(32)21-6-5-11-33-21/h7-10,12,21H,5-6,11,13H2,1-4H3,(H,27,31)(H,28,32)/t21-/m0/s1. The molecule has 1 aliphatic heterocycles. The highest BCUT2D eigenvalue weighted by molar-refractivity contribution is 5.95. The SMILES string of the molecule is Cc1cc(C)nc(-n2nc(C)c(CC(=O)Nc3ccc(NC(=O)[C@@H]4CCCO4)cc3)c2C)n1. The number of amides is 2. The molecular weight excluding hydrogens is 420 g/mol. The molecule has 0 unspecified atom stereocenters. The number of rotatable bonds is 6. The number of hydrogen-bond donors (Lipinski definition) is 2. The summed E-state index contributed by atoms with van der Waals surface area (Å²) in [5.74, 6) is 0.207. The molecule has 2 aromatic heterocycles. The van der Waals surface area contributed by atoms with Gasteiger partial charge in [0.05, 0.1) is 12.1 Å². The van der Waals surface area contributed by atoms with Crippen molar-refractivity contribution in [1.29, 1.82) is 0 Å². The van der Waals surface area contributed by atoms with Crippen LogP contribution in [0, 0.1) is 27.7 Å². The van der Waals surface area contributed by atoms with Crippen molar-refractivity contribution in [2.24, 2.45) is 0 Å². The molecule has 1 aliphatic rings. The first kappa shape index (κ1) is 22.6. The van der Waals surface area contributed by atoms with Crippen molar-refractivity contribution in [1.82, 2.24) is 19.7 Å². The van der Waals surface area contributed by atoms with Gasteiger partial charge in [0.2, 0.25) is 5.91 Å². The van der Waals surface area contributed by atoms with E-state index in [4.69, 9.17) is 4.74 Å². The highest BCUT2D eigenvalue weighted by Gasteiger charge is 2.23. The van der Waals surface area contributed by atoms with Crippen LogP contribution in [0.3, 0.4) is 0 Å². The Bertz CT molecular complexity index is 1160. The van der Waals surface area contributed by atoms with Gasteiger partial charge in [0.25, 0.3) is 11.9 Å². The third kappa shape index (κ3) is 5.25. The Balaban J connectivity index is 1.40. The number of aromatic nitrogens is 4. The number of benzene rings is 1. The minimum atomic E-state index is -0.383. The van der Waals surface area contributed by atoms with Gasteiger partial charge in [0.15, 0.2) is 0 Å². The summed E-state index contributed by atoms with van der Waals surface area (Å²) in [7, 11) is 0. The molecule has 2 amide bonds. The van der Waals surface area contributed by atoms with Crippen molar-refractivity contribution < 1.29 is 14.3 Å². The van der Waals surface area contributed by atoms with Gasteiger partial charge in [-0.05, 0) is 70.9 Å². The van der Waals surface area contributed by atoms with E-state index in [1.807, 2.05) is 33.8 Å². The van der Waals surface area contributed by atoms with Crippen LogP contribution in [0.5, 0.6) is 0 Å². The zero-order valence-electron chi connectivity index (χ0n) is 19.3. The zero-order chi connectivity index (χ0) is 23.5. The Kier molecular flexibility index (Phi) is 6.50. The van der Waals surface area contributed by atoms with E-state index >= 15 is 0 Å². The zero-order valence-corrected chi connectivity index (χ0v) is 19.3. The number of hydrogen-bond acceptors (Lipinski definition) is 6. The minimum Gasteiger partial charge on any atom is -0.368 e. The summed E-state index contributed by atoms with van der Waals surface area (Å²) in [6.45, 7) is 8.24. The summed E-state index contributed by atoms with van der Waals surface area (Å²) >= 11 is 0. The molecule has 2 N–H and O–H groups in total. The predicted octanol–water partition coefficient (Wildman–Crippen LogP) is 3.19. The second kappa shape index (κ2) is 9.50. The van der Waals surface area contributed by atoms with Crippen LogP contribution in [-0.4, -0.2) is 44.3 Å². The normalized spacial score (nSPS) is 15.5. The Morgan fingerprint density at radius 3 is 2.27 bits per heavy atom. The molecular formula is C24H28N6O3. The van der Waals surface area contributed by atoms with Crippen molar-refractivity contribution in [3.63, 3.8) is 0 Å². The first-order valence-corrected chi connectivity index (χ1v) is 11.0. The molecule has 9 nitrogen and oxygen atoms in total. The molecule has 0 radical (unpaired) electrons.